The molecule has 0 heterocycles. The third-order valence-electron chi connectivity index (χ3n) is 2.16. The summed E-state index contributed by atoms with van der Waals surface area (Å²) in [4.78, 5) is 0. The van der Waals surface area contributed by atoms with Crippen molar-refractivity contribution in [3.63, 3.8) is 0 Å². The fraction of sp³-hybridized carbons (Fsp3) is 0.636. The number of rotatable bonds is 4. The predicted octanol–water partition coefficient (Wildman–Crippen LogP) is 3.45. The summed E-state index contributed by atoms with van der Waals surface area (Å²) < 4.78 is 0. The van der Waals surface area contributed by atoms with Gasteiger partial charge in [-0.25, -0.2) is 0 Å². The summed E-state index contributed by atoms with van der Waals surface area (Å²) in [6.45, 7) is 11.3. The van der Waals surface area contributed by atoms with Crippen molar-refractivity contribution in [1.82, 2.24) is 0 Å². The maximum atomic E-state index is 5.81. The van der Waals surface area contributed by atoms with Gasteiger partial charge in [0.2, 0.25) is 0 Å². The standard InChI is InChI=1S/C11H23NSi/c1-6-8-11(13(3,4)5)9-10(12)7-2/h7,9H,6,8,12H2,1-5H3/b10-7+,11-9+. The molecule has 0 radical (unpaired) electrons. The molecule has 0 aliphatic rings. The SMILES string of the molecule is C/C=C(N)\C=C(/CCC)[Si](C)(C)C. The summed E-state index contributed by atoms with van der Waals surface area (Å²) >= 11 is 0. The Hall–Kier alpha value is -0.503. The third kappa shape index (κ3) is 4.93. The maximum Gasteiger partial charge on any atom is 0.0725 e. The zero-order chi connectivity index (χ0) is 10.5. The first-order chi connectivity index (χ1) is 5.91. The molecule has 0 saturated heterocycles. The van der Waals surface area contributed by atoms with Crippen LogP contribution in [0.2, 0.25) is 19.6 Å². The van der Waals surface area contributed by atoms with Crippen LogP contribution in [0.25, 0.3) is 0 Å². The van der Waals surface area contributed by atoms with Gasteiger partial charge in [0.25, 0.3) is 0 Å². The van der Waals surface area contributed by atoms with Gasteiger partial charge in [0.15, 0.2) is 0 Å². The van der Waals surface area contributed by atoms with Gasteiger partial charge >= 0.3 is 0 Å². The van der Waals surface area contributed by atoms with Gasteiger partial charge in [0.1, 0.15) is 0 Å². The molecular formula is C11H23NSi. The van der Waals surface area contributed by atoms with Crippen molar-refractivity contribution in [2.24, 2.45) is 5.73 Å². The Labute approximate surface area is 83.7 Å². The minimum atomic E-state index is -1.15. The molecule has 0 unspecified atom stereocenters. The highest BCUT2D eigenvalue weighted by Crippen LogP contribution is 2.20. The molecule has 0 aromatic rings. The summed E-state index contributed by atoms with van der Waals surface area (Å²) in [6.07, 6.45) is 6.56. The molecule has 0 rings (SSSR count). The molecule has 0 aromatic carbocycles. The Kier molecular flexibility index (Phi) is 5.07. The van der Waals surface area contributed by atoms with E-state index in [0.717, 1.165) is 5.70 Å². The van der Waals surface area contributed by atoms with Crippen molar-refractivity contribution in [1.29, 1.82) is 0 Å². The van der Waals surface area contributed by atoms with Gasteiger partial charge in [0.05, 0.1) is 8.07 Å². The molecule has 0 aromatic heterocycles. The van der Waals surface area contributed by atoms with Gasteiger partial charge in [0, 0.05) is 5.70 Å². The number of hydrogen-bond acceptors (Lipinski definition) is 1. The Morgan fingerprint density at radius 3 is 2.15 bits per heavy atom. The molecule has 0 saturated carbocycles. The minimum absolute atomic E-state index is 0.908. The van der Waals surface area contributed by atoms with E-state index in [9.17, 15) is 0 Å². The van der Waals surface area contributed by atoms with Gasteiger partial charge in [-0.3, -0.25) is 0 Å². The Balaban J connectivity index is 4.70. The van der Waals surface area contributed by atoms with Crippen LogP contribution in [0.3, 0.4) is 0 Å². The van der Waals surface area contributed by atoms with E-state index in [1.54, 1.807) is 5.20 Å². The van der Waals surface area contributed by atoms with Crippen LogP contribution in [0.15, 0.2) is 23.0 Å². The van der Waals surface area contributed by atoms with Crippen LogP contribution >= 0.6 is 0 Å². The number of allylic oxidation sites excluding steroid dienone is 3. The summed E-state index contributed by atoms with van der Waals surface area (Å²) in [5.74, 6) is 0. The highest BCUT2D eigenvalue weighted by Gasteiger charge is 2.18. The first-order valence-corrected chi connectivity index (χ1v) is 8.54. The maximum absolute atomic E-state index is 5.81. The van der Waals surface area contributed by atoms with Gasteiger partial charge < -0.3 is 5.73 Å². The molecule has 76 valence electrons. The van der Waals surface area contributed by atoms with E-state index in [-0.39, 0.29) is 0 Å². The Bertz CT molecular complexity index is 209. The lowest BCUT2D eigenvalue weighted by Gasteiger charge is -2.20. The van der Waals surface area contributed by atoms with E-state index in [0.29, 0.717) is 0 Å². The average Bonchev–Trinajstić information content (AvgIpc) is 2.01. The van der Waals surface area contributed by atoms with Crippen molar-refractivity contribution < 1.29 is 0 Å². The predicted molar refractivity (Wildman–Crippen MR) is 64.3 cm³/mol. The van der Waals surface area contributed by atoms with Gasteiger partial charge in [-0.05, 0) is 19.4 Å². The van der Waals surface area contributed by atoms with Crippen LogP contribution in [-0.4, -0.2) is 8.07 Å². The highest BCUT2D eigenvalue weighted by molar-refractivity contribution is 6.83. The summed E-state index contributed by atoms with van der Waals surface area (Å²) in [5, 5.41) is 1.57. The Morgan fingerprint density at radius 1 is 1.31 bits per heavy atom. The van der Waals surface area contributed by atoms with Crippen molar-refractivity contribution >= 4 is 8.07 Å². The molecule has 0 bridgehead atoms. The minimum Gasteiger partial charge on any atom is -0.399 e. The second kappa shape index (κ2) is 5.27. The normalized spacial score (nSPS) is 14.8. The monoisotopic (exact) mass is 197 g/mol. The van der Waals surface area contributed by atoms with E-state index >= 15 is 0 Å². The van der Waals surface area contributed by atoms with Crippen molar-refractivity contribution in [2.45, 2.75) is 46.3 Å². The molecule has 0 atom stereocenters. The molecule has 2 heteroatoms. The van der Waals surface area contributed by atoms with E-state index in [1.165, 1.54) is 12.8 Å². The topological polar surface area (TPSA) is 26.0 Å². The van der Waals surface area contributed by atoms with Crippen molar-refractivity contribution in [3.05, 3.63) is 23.0 Å². The van der Waals surface area contributed by atoms with E-state index in [4.69, 9.17) is 5.73 Å². The van der Waals surface area contributed by atoms with Crippen molar-refractivity contribution in [3.8, 4) is 0 Å². The third-order valence-corrected chi connectivity index (χ3v) is 4.48. The molecule has 0 aliphatic heterocycles. The fourth-order valence-electron chi connectivity index (χ4n) is 1.22. The summed E-state index contributed by atoms with van der Waals surface area (Å²) in [7, 11) is -1.15. The Morgan fingerprint density at radius 2 is 1.85 bits per heavy atom. The molecule has 1 nitrogen and oxygen atoms in total. The summed E-state index contributed by atoms with van der Waals surface area (Å²) in [5.41, 5.74) is 6.72. The van der Waals surface area contributed by atoms with Crippen LogP contribution in [0.1, 0.15) is 26.7 Å². The first kappa shape index (κ1) is 12.5. The molecule has 0 aliphatic carbocycles. The number of hydrogen-bond donors (Lipinski definition) is 1. The van der Waals surface area contributed by atoms with E-state index in [2.05, 4.69) is 32.6 Å². The van der Waals surface area contributed by atoms with Gasteiger partial charge in [-0.15, -0.1) is 0 Å². The van der Waals surface area contributed by atoms with Gasteiger partial charge in [-0.1, -0.05) is 44.3 Å². The lowest BCUT2D eigenvalue weighted by atomic mass is 10.3. The lowest BCUT2D eigenvalue weighted by Crippen LogP contribution is -2.24. The largest absolute Gasteiger partial charge is 0.399 e. The average molecular weight is 197 g/mol. The fourth-order valence-corrected chi connectivity index (χ4v) is 2.82. The molecule has 0 spiro atoms. The first-order valence-electron chi connectivity index (χ1n) is 5.04. The molecule has 13 heavy (non-hydrogen) atoms. The molecule has 0 amide bonds. The molecular weight excluding hydrogens is 174 g/mol. The zero-order valence-electron chi connectivity index (χ0n) is 9.65. The second-order valence-corrected chi connectivity index (χ2v) is 9.60. The van der Waals surface area contributed by atoms with Crippen LogP contribution < -0.4 is 5.73 Å². The van der Waals surface area contributed by atoms with E-state index < -0.39 is 8.07 Å². The molecule has 0 fully saturated rings. The van der Waals surface area contributed by atoms with Crippen LogP contribution in [0.5, 0.6) is 0 Å². The van der Waals surface area contributed by atoms with Gasteiger partial charge in [-0.2, -0.15) is 0 Å². The smallest absolute Gasteiger partial charge is 0.0725 e. The second-order valence-electron chi connectivity index (χ2n) is 4.46. The molecule has 2 N–H and O–H groups in total. The summed E-state index contributed by atoms with van der Waals surface area (Å²) in [6, 6.07) is 0. The quantitative estimate of drug-likeness (QED) is 0.542. The van der Waals surface area contributed by atoms with Crippen LogP contribution in [-0.2, 0) is 0 Å². The number of nitrogens with two attached hydrogens (primary N) is 1. The zero-order valence-corrected chi connectivity index (χ0v) is 10.6. The van der Waals surface area contributed by atoms with Crippen LogP contribution in [0, 0.1) is 0 Å². The highest BCUT2D eigenvalue weighted by atomic mass is 28.3. The van der Waals surface area contributed by atoms with Crippen molar-refractivity contribution in [2.75, 3.05) is 0 Å². The van der Waals surface area contributed by atoms with E-state index in [1.807, 2.05) is 13.0 Å². The lowest BCUT2D eigenvalue weighted by molar-refractivity contribution is 0.933. The van der Waals surface area contributed by atoms with Crippen LogP contribution in [0.4, 0.5) is 0 Å².